The predicted molar refractivity (Wildman–Crippen MR) is 79.2 cm³/mol. The molecule has 1 aromatic rings. The monoisotopic (exact) mass is 292 g/mol. The van der Waals surface area contributed by atoms with Crippen LogP contribution in [0.2, 0.25) is 0 Å². The van der Waals surface area contributed by atoms with Gasteiger partial charge in [-0.25, -0.2) is 4.98 Å². The van der Waals surface area contributed by atoms with Crippen LogP contribution < -0.4 is 5.32 Å². The van der Waals surface area contributed by atoms with E-state index in [1.807, 2.05) is 4.90 Å². The van der Waals surface area contributed by atoms with Crippen molar-refractivity contribution >= 4 is 17.4 Å². The molecule has 1 saturated heterocycles. The molecule has 114 valence electrons. The number of likely N-dealkylation sites (tertiary alicyclic amines) is 1. The maximum Gasteiger partial charge on any atom is 0.314 e. The number of piperidine rings is 1. The number of carbonyl (C=O) groups excluding carboxylic acids is 1. The van der Waals surface area contributed by atoms with Crippen LogP contribution in [0.25, 0.3) is 0 Å². The first-order chi connectivity index (χ1) is 10.1. The Morgan fingerprint density at radius 2 is 2.14 bits per heavy atom. The quantitative estimate of drug-likeness (QED) is 0.663. The third kappa shape index (κ3) is 3.90. The zero-order valence-corrected chi connectivity index (χ0v) is 12.2. The molecule has 7 heteroatoms. The van der Waals surface area contributed by atoms with Crippen molar-refractivity contribution < 1.29 is 9.72 Å². The molecule has 0 saturated carbocycles. The van der Waals surface area contributed by atoms with Crippen LogP contribution in [0.4, 0.5) is 11.5 Å². The van der Waals surface area contributed by atoms with Gasteiger partial charge >= 0.3 is 5.69 Å². The van der Waals surface area contributed by atoms with E-state index in [9.17, 15) is 14.9 Å². The van der Waals surface area contributed by atoms with Crippen molar-refractivity contribution in [3.63, 3.8) is 0 Å². The summed E-state index contributed by atoms with van der Waals surface area (Å²) in [5.41, 5.74) is 0.530. The highest BCUT2D eigenvalue weighted by Crippen LogP contribution is 2.25. The first-order valence-corrected chi connectivity index (χ1v) is 7.21. The van der Waals surface area contributed by atoms with E-state index in [-0.39, 0.29) is 17.4 Å². The molecule has 0 aliphatic carbocycles. The summed E-state index contributed by atoms with van der Waals surface area (Å²) < 4.78 is 0. The average Bonchev–Trinajstić information content (AvgIpc) is 2.47. The van der Waals surface area contributed by atoms with Gasteiger partial charge in [-0.3, -0.25) is 14.9 Å². The van der Waals surface area contributed by atoms with Gasteiger partial charge in [0.1, 0.15) is 0 Å². The molecule has 1 fully saturated rings. The van der Waals surface area contributed by atoms with Crippen molar-refractivity contribution in [3.05, 3.63) is 27.9 Å². The average molecular weight is 292 g/mol. The van der Waals surface area contributed by atoms with Crippen LogP contribution in [0.5, 0.6) is 0 Å². The minimum Gasteiger partial charge on any atom is -0.364 e. The molecule has 1 aliphatic rings. The van der Waals surface area contributed by atoms with Crippen LogP contribution in [0.15, 0.2) is 12.3 Å². The second kappa shape index (κ2) is 7.01. The molecule has 7 nitrogen and oxygen atoms in total. The van der Waals surface area contributed by atoms with Crippen molar-refractivity contribution in [2.75, 3.05) is 25.0 Å². The van der Waals surface area contributed by atoms with Gasteiger partial charge < -0.3 is 10.2 Å². The standard InChI is InChI=1S/C14H20N4O3/c1-11-5-7-15-14(13(11)18(20)21)16-8-6-12(19)17-9-3-2-4-10-17/h5,7H,2-4,6,8-10H2,1H3,(H,15,16). The summed E-state index contributed by atoms with van der Waals surface area (Å²) in [5, 5.41) is 13.9. The van der Waals surface area contributed by atoms with E-state index in [1.165, 1.54) is 12.6 Å². The second-order valence-corrected chi connectivity index (χ2v) is 5.20. The summed E-state index contributed by atoms with van der Waals surface area (Å²) in [4.78, 5) is 28.5. The summed E-state index contributed by atoms with van der Waals surface area (Å²) >= 11 is 0. The molecule has 2 heterocycles. The molecule has 0 radical (unpaired) electrons. The second-order valence-electron chi connectivity index (χ2n) is 5.20. The zero-order chi connectivity index (χ0) is 15.2. The summed E-state index contributed by atoms with van der Waals surface area (Å²) in [5.74, 6) is 0.323. The first-order valence-electron chi connectivity index (χ1n) is 7.21. The summed E-state index contributed by atoms with van der Waals surface area (Å²) in [7, 11) is 0. The van der Waals surface area contributed by atoms with Crippen LogP contribution in [-0.4, -0.2) is 40.3 Å². The molecule has 1 aromatic heterocycles. The number of hydrogen-bond acceptors (Lipinski definition) is 5. The Kier molecular flexibility index (Phi) is 5.08. The molecule has 2 rings (SSSR count). The fourth-order valence-electron chi connectivity index (χ4n) is 2.50. The fraction of sp³-hybridized carbons (Fsp3) is 0.571. The normalized spacial score (nSPS) is 14.8. The Bertz CT molecular complexity index is 527. The van der Waals surface area contributed by atoms with Gasteiger partial charge in [-0.1, -0.05) is 0 Å². The molecule has 0 atom stereocenters. The van der Waals surface area contributed by atoms with E-state index < -0.39 is 4.92 Å². The van der Waals surface area contributed by atoms with Crippen molar-refractivity contribution in [1.29, 1.82) is 0 Å². The number of nitrogens with zero attached hydrogens (tertiary/aromatic N) is 3. The number of nitrogens with one attached hydrogen (secondary N) is 1. The Labute approximate surface area is 123 Å². The lowest BCUT2D eigenvalue weighted by atomic mass is 10.1. The van der Waals surface area contributed by atoms with E-state index in [0.717, 1.165) is 25.9 Å². The minimum atomic E-state index is -0.447. The number of hydrogen-bond donors (Lipinski definition) is 1. The number of pyridine rings is 1. The number of aryl methyl sites for hydroxylation is 1. The highest BCUT2D eigenvalue weighted by Gasteiger charge is 2.19. The van der Waals surface area contributed by atoms with Gasteiger partial charge in [0.2, 0.25) is 11.7 Å². The molecule has 21 heavy (non-hydrogen) atoms. The Hall–Kier alpha value is -2.18. The van der Waals surface area contributed by atoms with E-state index in [0.29, 0.717) is 18.5 Å². The maximum absolute atomic E-state index is 12.0. The highest BCUT2D eigenvalue weighted by atomic mass is 16.6. The third-order valence-electron chi connectivity index (χ3n) is 3.65. The highest BCUT2D eigenvalue weighted by molar-refractivity contribution is 5.77. The molecule has 0 aromatic carbocycles. The van der Waals surface area contributed by atoms with E-state index in [2.05, 4.69) is 10.3 Å². The number of carbonyl (C=O) groups is 1. The van der Waals surface area contributed by atoms with E-state index in [1.54, 1.807) is 13.0 Å². The lowest BCUT2D eigenvalue weighted by Crippen LogP contribution is -2.36. The van der Waals surface area contributed by atoms with Gasteiger partial charge in [0.25, 0.3) is 0 Å². The summed E-state index contributed by atoms with van der Waals surface area (Å²) in [6.07, 6.45) is 5.15. The van der Waals surface area contributed by atoms with Crippen molar-refractivity contribution in [3.8, 4) is 0 Å². The van der Waals surface area contributed by atoms with Crippen molar-refractivity contribution in [2.45, 2.75) is 32.6 Å². The molecule has 0 bridgehead atoms. The van der Waals surface area contributed by atoms with E-state index >= 15 is 0 Å². The van der Waals surface area contributed by atoms with Crippen molar-refractivity contribution in [1.82, 2.24) is 9.88 Å². The van der Waals surface area contributed by atoms with Crippen LogP contribution in [0, 0.1) is 17.0 Å². The van der Waals surface area contributed by atoms with Crippen LogP contribution in [-0.2, 0) is 4.79 Å². The van der Waals surface area contributed by atoms with Crippen molar-refractivity contribution in [2.24, 2.45) is 0 Å². The van der Waals surface area contributed by atoms with Gasteiger partial charge in [0, 0.05) is 37.8 Å². The smallest absolute Gasteiger partial charge is 0.314 e. The van der Waals surface area contributed by atoms with E-state index in [4.69, 9.17) is 0 Å². The van der Waals surface area contributed by atoms with Gasteiger partial charge in [-0.2, -0.15) is 0 Å². The lowest BCUT2D eigenvalue weighted by molar-refractivity contribution is -0.384. The number of anilines is 1. The molecule has 1 amide bonds. The first kappa shape index (κ1) is 15.2. The topological polar surface area (TPSA) is 88.4 Å². The molecule has 0 unspecified atom stereocenters. The number of amides is 1. The molecular formula is C14H20N4O3. The fourth-order valence-corrected chi connectivity index (χ4v) is 2.50. The van der Waals surface area contributed by atoms with Gasteiger partial charge in [-0.15, -0.1) is 0 Å². The largest absolute Gasteiger partial charge is 0.364 e. The number of nitro groups is 1. The minimum absolute atomic E-state index is 0.0251. The molecule has 0 spiro atoms. The van der Waals surface area contributed by atoms with Gasteiger partial charge in [0.05, 0.1) is 4.92 Å². The Morgan fingerprint density at radius 1 is 1.43 bits per heavy atom. The van der Waals surface area contributed by atoms with Crippen LogP contribution >= 0.6 is 0 Å². The third-order valence-corrected chi connectivity index (χ3v) is 3.65. The lowest BCUT2D eigenvalue weighted by Gasteiger charge is -2.26. The van der Waals surface area contributed by atoms with Gasteiger partial charge in [-0.05, 0) is 32.3 Å². The number of aromatic nitrogens is 1. The molecule has 1 N–H and O–H groups in total. The zero-order valence-electron chi connectivity index (χ0n) is 12.2. The van der Waals surface area contributed by atoms with Crippen LogP contribution in [0.1, 0.15) is 31.2 Å². The maximum atomic E-state index is 12.0. The summed E-state index contributed by atoms with van der Waals surface area (Å²) in [6, 6.07) is 1.60. The van der Waals surface area contributed by atoms with Crippen LogP contribution in [0.3, 0.4) is 0 Å². The predicted octanol–water partition coefficient (Wildman–Crippen LogP) is 2.11. The number of rotatable bonds is 5. The van der Waals surface area contributed by atoms with Gasteiger partial charge in [0.15, 0.2) is 0 Å². The molecular weight excluding hydrogens is 272 g/mol. The SMILES string of the molecule is Cc1ccnc(NCCC(=O)N2CCCCC2)c1[N+](=O)[O-]. The molecule has 1 aliphatic heterocycles. The Morgan fingerprint density at radius 3 is 2.81 bits per heavy atom. The Balaban J connectivity index is 1.90. The summed E-state index contributed by atoms with van der Waals surface area (Å²) in [6.45, 7) is 3.67.